The fraction of sp³-hybridized carbons (Fsp3) is 0.222. The van der Waals surface area contributed by atoms with Gasteiger partial charge in [-0.15, -0.1) is 0 Å². The molecule has 2 N–H and O–H groups in total. The van der Waals surface area contributed by atoms with Crippen molar-refractivity contribution in [2.45, 2.75) is 12.8 Å². The normalized spacial score (nSPS) is 10.7. The Morgan fingerprint density at radius 3 is 2.92 bits per heavy atom. The van der Waals surface area contributed by atoms with Gasteiger partial charge in [-0.05, 0) is 41.8 Å². The number of methoxy groups -OCH3 is 1. The number of benzene rings is 2. The monoisotopic (exact) mass is 326 g/mol. The summed E-state index contributed by atoms with van der Waals surface area (Å²) in [5.41, 5.74) is 3.10. The second-order valence-corrected chi connectivity index (χ2v) is 5.47. The van der Waals surface area contributed by atoms with Crippen LogP contribution in [0.5, 0.6) is 5.75 Å². The van der Waals surface area contributed by atoms with Gasteiger partial charge in [0.05, 0.1) is 19.0 Å². The van der Waals surface area contributed by atoms with E-state index in [1.807, 2.05) is 30.3 Å². The Kier molecular flexibility index (Phi) is 4.65. The number of fused-ring (bicyclic) bond motifs is 1. The molecule has 0 unspecified atom stereocenters. The predicted molar refractivity (Wildman–Crippen MR) is 90.2 cm³/mol. The van der Waals surface area contributed by atoms with Gasteiger partial charge in [0.2, 0.25) is 5.91 Å². The van der Waals surface area contributed by atoms with Crippen molar-refractivity contribution in [3.8, 4) is 5.75 Å². The summed E-state index contributed by atoms with van der Waals surface area (Å²) >= 11 is 0. The van der Waals surface area contributed by atoms with Gasteiger partial charge >= 0.3 is 5.76 Å². The van der Waals surface area contributed by atoms with Gasteiger partial charge in [-0.25, -0.2) is 4.79 Å². The molecule has 0 saturated carbocycles. The number of ether oxygens (including phenoxy) is 1. The third-order valence-corrected chi connectivity index (χ3v) is 3.72. The van der Waals surface area contributed by atoms with E-state index in [2.05, 4.69) is 10.3 Å². The van der Waals surface area contributed by atoms with Crippen molar-refractivity contribution in [3.05, 3.63) is 64.1 Å². The molecule has 1 aromatic heterocycles. The average Bonchev–Trinajstić information content (AvgIpc) is 2.94. The van der Waals surface area contributed by atoms with E-state index in [4.69, 9.17) is 9.15 Å². The van der Waals surface area contributed by atoms with Crippen LogP contribution in [-0.2, 0) is 17.6 Å². The first-order chi connectivity index (χ1) is 11.6. The summed E-state index contributed by atoms with van der Waals surface area (Å²) in [6.07, 6.45) is 0.970. The van der Waals surface area contributed by atoms with Crippen molar-refractivity contribution in [3.63, 3.8) is 0 Å². The number of amides is 1. The Morgan fingerprint density at radius 1 is 1.21 bits per heavy atom. The average molecular weight is 326 g/mol. The fourth-order valence-electron chi connectivity index (χ4n) is 2.52. The first-order valence-electron chi connectivity index (χ1n) is 7.65. The number of aromatic nitrogens is 1. The topological polar surface area (TPSA) is 84.3 Å². The van der Waals surface area contributed by atoms with Gasteiger partial charge in [0.1, 0.15) is 5.75 Å². The molecule has 0 bridgehead atoms. The van der Waals surface area contributed by atoms with Crippen LogP contribution in [0.25, 0.3) is 11.1 Å². The van der Waals surface area contributed by atoms with Crippen LogP contribution >= 0.6 is 0 Å². The molecule has 0 fully saturated rings. The van der Waals surface area contributed by atoms with Crippen LogP contribution in [0.2, 0.25) is 0 Å². The zero-order valence-corrected chi connectivity index (χ0v) is 13.3. The summed E-state index contributed by atoms with van der Waals surface area (Å²) in [4.78, 5) is 25.7. The van der Waals surface area contributed by atoms with E-state index in [-0.39, 0.29) is 5.91 Å². The molecule has 1 heterocycles. The van der Waals surface area contributed by atoms with Gasteiger partial charge in [-0.1, -0.05) is 18.2 Å². The van der Waals surface area contributed by atoms with Gasteiger partial charge in [-0.3, -0.25) is 9.78 Å². The lowest BCUT2D eigenvalue weighted by molar-refractivity contribution is -0.120. The van der Waals surface area contributed by atoms with Crippen LogP contribution in [0.4, 0.5) is 0 Å². The number of hydrogen-bond donors (Lipinski definition) is 2. The summed E-state index contributed by atoms with van der Waals surface area (Å²) in [6.45, 7) is 0.517. The van der Waals surface area contributed by atoms with Gasteiger partial charge in [0.25, 0.3) is 0 Å². The Balaban J connectivity index is 1.52. The lowest BCUT2D eigenvalue weighted by Crippen LogP contribution is -2.27. The quantitative estimate of drug-likeness (QED) is 0.726. The van der Waals surface area contributed by atoms with E-state index in [1.54, 1.807) is 19.2 Å². The van der Waals surface area contributed by atoms with Crippen molar-refractivity contribution in [2.75, 3.05) is 13.7 Å². The van der Waals surface area contributed by atoms with E-state index in [0.29, 0.717) is 30.5 Å². The molecule has 0 atom stereocenters. The molecule has 0 spiro atoms. The third-order valence-electron chi connectivity index (χ3n) is 3.72. The number of oxazole rings is 1. The second-order valence-electron chi connectivity index (χ2n) is 5.47. The zero-order valence-electron chi connectivity index (χ0n) is 13.3. The molecular weight excluding hydrogens is 308 g/mol. The van der Waals surface area contributed by atoms with E-state index in [9.17, 15) is 9.59 Å². The Bertz CT molecular complexity index is 911. The van der Waals surface area contributed by atoms with Crippen molar-refractivity contribution in [1.82, 2.24) is 10.3 Å². The van der Waals surface area contributed by atoms with Gasteiger partial charge < -0.3 is 14.5 Å². The minimum atomic E-state index is -0.464. The number of carbonyl (C=O) groups is 1. The maximum atomic E-state index is 12.0. The smallest absolute Gasteiger partial charge is 0.417 e. The zero-order chi connectivity index (χ0) is 16.9. The molecular formula is C18H18N2O4. The molecule has 2 aromatic carbocycles. The summed E-state index contributed by atoms with van der Waals surface area (Å²) < 4.78 is 10.2. The highest BCUT2D eigenvalue weighted by Gasteiger charge is 2.05. The molecule has 0 aliphatic rings. The summed E-state index contributed by atoms with van der Waals surface area (Å²) in [7, 11) is 1.60. The Labute approximate surface area is 138 Å². The number of hydrogen-bond acceptors (Lipinski definition) is 4. The molecule has 3 aromatic rings. The Hall–Kier alpha value is -3.02. The van der Waals surface area contributed by atoms with E-state index < -0.39 is 5.76 Å². The van der Waals surface area contributed by atoms with Crippen LogP contribution in [-0.4, -0.2) is 24.5 Å². The van der Waals surface area contributed by atoms with Crippen LogP contribution < -0.4 is 15.8 Å². The first-order valence-corrected chi connectivity index (χ1v) is 7.65. The van der Waals surface area contributed by atoms with Crippen molar-refractivity contribution in [1.29, 1.82) is 0 Å². The molecule has 0 aliphatic carbocycles. The summed E-state index contributed by atoms with van der Waals surface area (Å²) in [5.74, 6) is 0.229. The predicted octanol–water partition coefficient (Wildman–Crippen LogP) is 2.03. The highest BCUT2D eigenvalue weighted by Crippen LogP contribution is 2.14. The van der Waals surface area contributed by atoms with Gasteiger partial charge in [0, 0.05) is 6.54 Å². The molecule has 24 heavy (non-hydrogen) atoms. The molecule has 0 saturated heterocycles. The molecule has 0 aliphatic heterocycles. The van der Waals surface area contributed by atoms with E-state index in [0.717, 1.165) is 16.9 Å². The SMILES string of the molecule is COc1cccc(CC(=O)NCCc2ccc3[nH]c(=O)oc3c2)c1. The van der Waals surface area contributed by atoms with E-state index >= 15 is 0 Å². The van der Waals surface area contributed by atoms with Crippen LogP contribution in [0.15, 0.2) is 51.7 Å². The second kappa shape index (κ2) is 7.04. The largest absolute Gasteiger partial charge is 0.497 e. The standard InChI is InChI=1S/C18H18N2O4/c1-23-14-4-2-3-13(9-14)11-17(21)19-8-7-12-5-6-15-16(10-12)24-18(22)20-15/h2-6,9-10H,7-8,11H2,1H3,(H,19,21)(H,20,22). The third kappa shape index (κ3) is 3.84. The van der Waals surface area contributed by atoms with Crippen molar-refractivity contribution in [2.24, 2.45) is 0 Å². The van der Waals surface area contributed by atoms with Crippen LogP contribution in [0.1, 0.15) is 11.1 Å². The molecule has 3 rings (SSSR count). The van der Waals surface area contributed by atoms with Crippen LogP contribution in [0.3, 0.4) is 0 Å². The van der Waals surface area contributed by atoms with Crippen molar-refractivity contribution >= 4 is 17.0 Å². The number of rotatable bonds is 6. The van der Waals surface area contributed by atoms with Gasteiger partial charge in [0.15, 0.2) is 5.58 Å². The van der Waals surface area contributed by atoms with Crippen LogP contribution in [0, 0.1) is 0 Å². The molecule has 1 amide bonds. The number of carbonyl (C=O) groups excluding carboxylic acids is 1. The number of aromatic amines is 1. The highest BCUT2D eigenvalue weighted by molar-refractivity contribution is 5.78. The molecule has 0 radical (unpaired) electrons. The van der Waals surface area contributed by atoms with Gasteiger partial charge in [-0.2, -0.15) is 0 Å². The van der Waals surface area contributed by atoms with Crippen molar-refractivity contribution < 1.29 is 13.9 Å². The molecule has 6 heteroatoms. The number of H-pyrrole nitrogens is 1. The maximum Gasteiger partial charge on any atom is 0.417 e. The highest BCUT2D eigenvalue weighted by atomic mass is 16.5. The molecule has 124 valence electrons. The van der Waals surface area contributed by atoms with E-state index in [1.165, 1.54) is 0 Å². The fourth-order valence-corrected chi connectivity index (χ4v) is 2.52. The minimum absolute atomic E-state index is 0.0440. The summed E-state index contributed by atoms with van der Waals surface area (Å²) in [5, 5.41) is 2.89. The lowest BCUT2D eigenvalue weighted by Gasteiger charge is -2.07. The Morgan fingerprint density at radius 2 is 2.08 bits per heavy atom. The summed E-state index contributed by atoms with van der Waals surface area (Å²) in [6, 6.07) is 13.0. The maximum absolute atomic E-state index is 12.0. The number of nitrogens with one attached hydrogen (secondary N) is 2. The lowest BCUT2D eigenvalue weighted by atomic mass is 10.1. The minimum Gasteiger partial charge on any atom is -0.497 e. The first kappa shape index (κ1) is 15.9. The molecule has 6 nitrogen and oxygen atoms in total.